The number of nitrogens with one attached hydrogen (secondary N) is 1. The summed E-state index contributed by atoms with van der Waals surface area (Å²) in [5.41, 5.74) is 1.24. The number of carbonyl (C=O) groups is 1. The molecule has 0 aliphatic heterocycles. The average Bonchev–Trinajstić information content (AvgIpc) is 3.23. The Kier molecular flexibility index (Phi) is 3.36. The number of halogens is 1. The molecular formula is C17H13ClN2OS. The summed E-state index contributed by atoms with van der Waals surface area (Å²) >= 11 is 7.62. The van der Waals surface area contributed by atoms with Gasteiger partial charge in [-0.1, -0.05) is 41.9 Å². The second-order valence-corrected chi connectivity index (χ2v) is 6.98. The van der Waals surface area contributed by atoms with Gasteiger partial charge >= 0.3 is 0 Å². The van der Waals surface area contributed by atoms with E-state index in [9.17, 15) is 4.79 Å². The monoisotopic (exact) mass is 328 g/mol. The van der Waals surface area contributed by atoms with Crippen LogP contribution in [0.25, 0.3) is 10.1 Å². The summed E-state index contributed by atoms with van der Waals surface area (Å²) in [6, 6.07) is 12.1. The zero-order chi connectivity index (χ0) is 15.1. The summed E-state index contributed by atoms with van der Waals surface area (Å²) < 4.78 is 0.984. The van der Waals surface area contributed by atoms with E-state index in [1.165, 1.54) is 16.9 Å². The first-order chi connectivity index (χ1) is 10.7. The number of rotatable bonds is 3. The summed E-state index contributed by atoms with van der Waals surface area (Å²) in [6.45, 7) is 0. The lowest BCUT2D eigenvalue weighted by atomic mass is 10.1. The van der Waals surface area contributed by atoms with Crippen LogP contribution in [0.2, 0.25) is 5.02 Å². The van der Waals surface area contributed by atoms with Crippen LogP contribution >= 0.6 is 22.9 Å². The highest BCUT2D eigenvalue weighted by molar-refractivity contribution is 7.23. The minimum Gasteiger partial charge on any atom is -0.317 e. The lowest BCUT2D eigenvalue weighted by molar-refractivity contribution is -0.117. The van der Waals surface area contributed by atoms with E-state index in [1.807, 2.05) is 24.3 Å². The van der Waals surface area contributed by atoms with Crippen molar-refractivity contribution in [2.24, 2.45) is 5.92 Å². The molecule has 1 amide bonds. The van der Waals surface area contributed by atoms with Crippen LogP contribution in [0, 0.1) is 5.92 Å². The number of thiophene rings is 1. The van der Waals surface area contributed by atoms with E-state index in [1.54, 1.807) is 12.4 Å². The van der Waals surface area contributed by atoms with Crippen LogP contribution in [0.3, 0.4) is 0 Å². The number of aromatic nitrogens is 1. The minimum atomic E-state index is 0.0706. The van der Waals surface area contributed by atoms with E-state index >= 15 is 0 Å². The van der Waals surface area contributed by atoms with E-state index in [-0.39, 0.29) is 11.8 Å². The molecule has 22 heavy (non-hydrogen) atoms. The fourth-order valence-corrected chi connectivity index (χ4v) is 3.98. The summed E-state index contributed by atoms with van der Waals surface area (Å²) in [4.78, 5) is 16.4. The molecule has 2 heterocycles. The molecule has 0 spiro atoms. The van der Waals surface area contributed by atoms with Crippen molar-refractivity contribution >= 4 is 43.9 Å². The Hall–Kier alpha value is -1.91. The first kappa shape index (κ1) is 13.7. The second kappa shape index (κ2) is 5.38. The quantitative estimate of drug-likeness (QED) is 0.757. The van der Waals surface area contributed by atoms with Gasteiger partial charge in [-0.2, -0.15) is 0 Å². The molecule has 0 radical (unpaired) electrons. The Morgan fingerprint density at radius 2 is 2.09 bits per heavy atom. The predicted octanol–water partition coefficient (Wildman–Crippen LogP) is 4.69. The number of anilines is 1. The van der Waals surface area contributed by atoms with Crippen LogP contribution in [0.15, 0.2) is 48.8 Å². The maximum atomic E-state index is 12.4. The standard InChI is InChI=1S/C17H13ClN2OS/c18-14-8-19-9-15-13(14)7-16(22-15)20-17(21)12-6-11(12)10-4-2-1-3-5-10/h1-5,7-9,11-12H,6H2,(H,20,21). The Labute approximate surface area is 136 Å². The van der Waals surface area contributed by atoms with Crippen LogP contribution in [0.4, 0.5) is 5.00 Å². The normalized spacial score (nSPS) is 20.0. The number of fused-ring (bicyclic) bond motifs is 1. The molecule has 3 aromatic rings. The van der Waals surface area contributed by atoms with Crippen LogP contribution < -0.4 is 5.32 Å². The SMILES string of the molecule is O=C(Nc1cc2c(Cl)cncc2s1)C1CC1c1ccccc1. The predicted molar refractivity (Wildman–Crippen MR) is 90.5 cm³/mol. The Morgan fingerprint density at radius 3 is 2.86 bits per heavy atom. The Bertz CT molecular complexity index is 846. The second-order valence-electron chi connectivity index (χ2n) is 5.49. The summed E-state index contributed by atoms with van der Waals surface area (Å²) in [7, 11) is 0. The van der Waals surface area contributed by atoms with E-state index in [0.717, 1.165) is 21.5 Å². The number of hydrogen-bond acceptors (Lipinski definition) is 3. The van der Waals surface area contributed by atoms with Crippen LogP contribution in [0.1, 0.15) is 17.9 Å². The zero-order valence-electron chi connectivity index (χ0n) is 11.6. The van der Waals surface area contributed by atoms with E-state index in [2.05, 4.69) is 22.4 Å². The summed E-state index contributed by atoms with van der Waals surface area (Å²) in [5, 5.41) is 5.39. The molecule has 1 N–H and O–H groups in total. The topological polar surface area (TPSA) is 42.0 Å². The molecule has 1 aliphatic rings. The van der Waals surface area contributed by atoms with E-state index in [4.69, 9.17) is 11.6 Å². The highest BCUT2D eigenvalue weighted by Crippen LogP contribution is 2.48. The average molecular weight is 329 g/mol. The van der Waals surface area contributed by atoms with Crippen molar-refractivity contribution in [3.05, 3.63) is 59.4 Å². The summed E-state index contributed by atoms with van der Waals surface area (Å²) in [5.74, 6) is 0.506. The van der Waals surface area contributed by atoms with Crippen molar-refractivity contribution in [1.82, 2.24) is 4.98 Å². The highest BCUT2D eigenvalue weighted by Gasteiger charge is 2.43. The van der Waals surface area contributed by atoms with Gasteiger partial charge in [0.05, 0.1) is 14.7 Å². The maximum Gasteiger partial charge on any atom is 0.228 e. The molecule has 2 atom stereocenters. The first-order valence-corrected chi connectivity index (χ1v) is 8.30. The maximum absolute atomic E-state index is 12.4. The molecule has 4 rings (SSSR count). The molecule has 1 aliphatic carbocycles. The van der Waals surface area contributed by atoms with E-state index < -0.39 is 0 Å². The van der Waals surface area contributed by atoms with E-state index in [0.29, 0.717) is 10.9 Å². The number of pyridine rings is 1. The Morgan fingerprint density at radius 1 is 1.27 bits per heavy atom. The molecule has 2 aromatic heterocycles. The third-order valence-electron chi connectivity index (χ3n) is 4.00. The minimum absolute atomic E-state index is 0.0706. The third kappa shape index (κ3) is 2.49. The fraction of sp³-hybridized carbons (Fsp3) is 0.176. The summed E-state index contributed by atoms with van der Waals surface area (Å²) in [6.07, 6.45) is 4.31. The molecule has 110 valence electrons. The first-order valence-electron chi connectivity index (χ1n) is 7.11. The van der Waals surface area contributed by atoms with Gasteiger partial charge < -0.3 is 5.32 Å². The van der Waals surface area contributed by atoms with Gasteiger partial charge in [0, 0.05) is 23.7 Å². The van der Waals surface area contributed by atoms with Crippen molar-refractivity contribution in [3.8, 4) is 0 Å². The van der Waals surface area contributed by atoms with Gasteiger partial charge in [-0.25, -0.2) is 0 Å². The van der Waals surface area contributed by atoms with Crippen LogP contribution in [0.5, 0.6) is 0 Å². The van der Waals surface area contributed by atoms with Gasteiger partial charge in [0.2, 0.25) is 5.91 Å². The largest absolute Gasteiger partial charge is 0.317 e. The third-order valence-corrected chi connectivity index (χ3v) is 5.29. The van der Waals surface area contributed by atoms with Crippen molar-refractivity contribution in [1.29, 1.82) is 0 Å². The van der Waals surface area contributed by atoms with Crippen molar-refractivity contribution in [2.75, 3.05) is 5.32 Å². The van der Waals surface area contributed by atoms with Gasteiger partial charge in [0.15, 0.2) is 0 Å². The van der Waals surface area contributed by atoms with Crippen molar-refractivity contribution in [2.45, 2.75) is 12.3 Å². The molecule has 0 bridgehead atoms. The lowest BCUT2D eigenvalue weighted by Crippen LogP contribution is -2.13. The van der Waals surface area contributed by atoms with Crippen LogP contribution in [-0.2, 0) is 4.79 Å². The zero-order valence-corrected chi connectivity index (χ0v) is 13.2. The number of carbonyl (C=O) groups excluding carboxylic acids is 1. The van der Waals surface area contributed by atoms with Gasteiger partial charge in [-0.3, -0.25) is 9.78 Å². The van der Waals surface area contributed by atoms with Gasteiger partial charge in [0.25, 0.3) is 0 Å². The van der Waals surface area contributed by atoms with Gasteiger partial charge in [-0.05, 0) is 24.0 Å². The lowest BCUT2D eigenvalue weighted by Gasteiger charge is -2.02. The highest BCUT2D eigenvalue weighted by atomic mass is 35.5. The number of nitrogens with zero attached hydrogens (tertiary/aromatic N) is 1. The van der Waals surface area contributed by atoms with Gasteiger partial charge in [0.1, 0.15) is 0 Å². The smallest absolute Gasteiger partial charge is 0.228 e. The van der Waals surface area contributed by atoms with Crippen molar-refractivity contribution in [3.63, 3.8) is 0 Å². The molecule has 5 heteroatoms. The molecule has 0 saturated heterocycles. The van der Waals surface area contributed by atoms with Crippen molar-refractivity contribution < 1.29 is 4.79 Å². The molecule has 1 aromatic carbocycles. The Balaban J connectivity index is 1.49. The van der Waals surface area contributed by atoms with Crippen LogP contribution in [-0.4, -0.2) is 10.9 Å². The molecule has 2 unspecified atom stereocenters. The fourth-order valence-electron chi connectivity index (χ4n) is 2.76. The number of hydrogen-bond donors (Lipinski definition) is 1. The molecule has 1 saturated carbocycles. The number of amides is 1. The molecular weight excluding hydrogens is 316 g/mol. The molecule has 3 nitrogen and oxygen atoms in total. The number of benzene rings is 1. The molecule has 1 fully saturated rings. The van der Waals surface area contributed by atoms with Gasteiger partial charge in [-0.15, -0.1) is 11.3 Å².